The van der Waals surface area contributed by atoms with Gasteiger partial charge in [0.25, 0.3) is 10.0 Å². The molecule has 7 nitrogen and oxygen atoms in total. The third kappa shape index (κ3) is 3.96. The number of carbonyl (C=O) groups is 1. The Morgan fingerprint density at radius 2 is 1.80 bits per heavy atom. The highest BCUT2D eigenvalue weighted by Gasteiger charge is 2.35. The number of carboxylic acids is 1. The van der Waals surface area contributed by atoms with Gasteiger partial charge in [-0.2, -0.15) is 17.9 Å². The van der Waals surface area contributed by atoms with Crippen molar-refractivity contribution in [1.29, 1.82) is 0 Å². The van der Waals surface area contributed by atoms with Gasteiger partial charge in [0.2, 0.25) is 0 Å². The molecule has 5 rings (SSSR count). The van der Waals surface area contributed by atoms with Gasteiger partial charge in [-0.05, 0) is 48.9 Å². The number of aromatic nitrogens is 1. The lowest BCUT2D eigenvalue weighted by Crippen LogP contribution is -2.33. The predicted molar refractivity (Wildman–Crippen MR) is 131 cm³/mol. The van der Waals surface area contributed by atoms with Crippen LogP contribution < -0.4 is 0 Å². The fourth-order valence-corrected chi connectivity index (χ4v) is 5.92. The van der Waals surface area contributed by atoms with E-state index < -0.39 is 21.8 Å². The van der Waals surface area contributed by atoms with Crippen molar-refractivity contribution in [1.82, 2.24) is 8.98 Å². The normalized spacial score (nSPS) is 14.6. The highest BCUT2D eigenvalue weighted by molar-refractivity contribution is 7.89. The van der Waals surface area contributed by atoms with Crippen LogP contribution in [0, 0.1) is 12.7 Å². The number of aliphatic carboxylic acids is 1. The second-order valence-electron chi connectivity index (χ2n) is 8.16. The number of rotatable bonds is 5. The van der Waals surface area contributed by atoms with Crippen molar-refractivity contribution in [2.24, 2.45) is 5.10 Å². The summed E-state index contributed by atoms with van der Waals surface area (Å²) in [5.41, 5.74) is 2.88. The number of halogens is 2. The van der Waals surface area contributed by atoms with Crippen LogP contribution in [0.25, 0.3) is 10.9 Å². The Hall–Kier alpha value is -3.69. The van der Waals surface area contributed by atoms with Crippen molar-refractivity contribution >= 4 is 44.2 Å². The summed E-state index contributed by atoms with van der Waals surface area (Å²) < 4.78 is 43.8. The number of hydrazone groups is 1. The Balaban J connectivity index is 1.77. The van der Waals surface area contributed by atoms with Gasteiger partial charge in [-0.15, -0.1) is 0 Å². The molecule has 4 aromatic rings. The van der Waals surface area contributed by atoms with Gasteiger partial charge in [-0.3, -0.25) is 4.79 Å². The van der Waals surface area contributed by atoms with E-state index in [-0.39, 0.29) is 18.0 Å². The van der Waals surface area contributed by atoms with Crippen LogP contribution in [0.3, 0.4) is 0 Å². The first-order valence-corrected chi connectivity index (χ1v) is 12.4. The average Bonchev–Trinajstić information content (AvgIpc) is 3.07. The van der Waals surface area contributed by atoms with Crippen molar-refractivity contribution in [2.75, 3.05) is 0 Å². The van der Waals surface area contributed by atoms with Crippen LogP contribution in [0.15, 0.2) is 76.7 Å². The number of hydrogen-bond donors (Lipinski definition) is 1. The summed E-state index contributed by atoms with van der Waals surface area (Å²) in [6.45, 7) is 1.34. The second kappa shape index (κ2) is 8.51. The lowest BCUT2D eigenvalue weighted by molar-refractivity contribution is -0.137. The first-order valence-electron chi connectivity index (χ1n) is 10.6. The van der Waals surface area contributed by atoms with E-state index in [0.29, 0.717) is 44.0 Å². The molecule has 1 aromatic heterocycles. The van der Waals surface area contributed by atoms with Crippen molar-refractivity contribution in [2.45, 2.75) is 24.9 Å². The van der Waals surface area contributed by atoms with E-state index in [4.69, 9.17) is 11.6 Å². The number of fused-ring (bicyclic) bond motifs is 2. The maximum absolute atomic E-state index is 14.3. The molecular weight excluding hydrogens is 493 g/mol. The van der Waals surface area contributed by atoms with E-state index in [9.17, 15) is 22.7 Å². The van der Waals surface area contributed by atoms with E-state index in [1.54, 1.807) is 54.0 Å². The molecule has 3 aromatic carbocycles. The van der Waals surface area contributed by atoms with Crippen LogP contribution in [0.5, 0.6) is 0 Å². The van der Waals surface area contributed by atoms with Gasteiger partial charge < -0.3 is 9.67 Å². The van der Waals surface area contributed by atoms with Crippen molar-refractivity contribution in [3.8, 4) is 0 Å². The molecule has 0 atom stereocenters. The summed E-state index contributed by atoms with van der Waals surface area (Å²) in [7, 11) is -3.98. The van der Waals surface area contributed by atoms with Crippen molar-refractivity contribution in [3.05, 3.63) is 100.0 Å². The maximum atomic E-state index is 14.3. The zero-order valence-electron chi connectivity index (χ0n) is 18.4. The van der Waals surface area contributed by atoms with E-state index in [0.717, 1.165) is 4.41 Å². The molecule has 1 aliphatic heterocycles. The zero-order chi connectivity index (χ0) is 24.9. The van der Waals surface area contributed by atoms with Crippen LogP contribution in [0.2, 0.25) is 5.02 Å². The first kappa shape index (κ1) is 23.1. The van der Waals surface area contributed by atoms with Gasteiger partial charge in [0.15, 0.2) is 0 Å². The highest BCUT2D eigenvalue weighted by Crippen LogP contribution is 2.35. The van der Waals surface area contributed by atoms with E-state index in [1.807, 2.05) is 0 Å². The molecule has 1 aliphatic rings. The average molecular weight is 512 g/mol. The number of benzene rings is 3. The Kier molecular flexibility index (Phi) is 5.61. The molecule has 10 heteroatoms. The Labute approximate surface area is 205 Å². The monoisotopic (exact) mass is 511 g/mol. The smallest absolute Gasteiger partial charge is 0.323 e. The molecule has 0 amide bonds. The molecule has 0 unspecified atom stereocenters. The minimum absolute atomic E-state index is 0.0431. The molecule has 35 heavy (non-hydrogen) atoms. The van der Waals surface area contributed by atoms with Crippen LogP contribution in [0.1, 0.15) is 22.4 Å². The summed E-state index contributed by atoms with van der Waals surface area (Å²) >= 11 is 5.97. The van der Waals surface area contributed by atoms with E-state index in [1.165, 1.54) is 24.3 Å². The minimum Gasteiger partial charge on any atom is -0.480 e. The second-order valence-corrected chi connectivity index (χ2v) is 10.4. The number of hydrogen-bond acceptors (Lipinski definition) is 4. The van der Waals surface area contributed by atoms with Crippen LogP contribution in [-0.2, 0) is 27.9 Å². The SMILES string of the molecule is Cc1c(C2=NN(Cc3ccc(Cl)cc3)S(=O)(=O)c3ccccc32)c2cc(F)ccc2n1CC(=O)O. The Morgan fingerprint density at radius 1 is 1.09 bits per heavy atom. The Morgan fingerprint density at radius 3 is 2.51 bits per heavy atom. The summed E-state index contributed by atoms with van der Waals surface area (Å²) in [6.07, 6.45) is 0. The van der Waals surface area contributed by atoms with Crippen molar-refractivity contribution < 1.29 is 22.7 Å². The number of sulfonamides is 1. The molecule has 0 fully saturated rings. The van der Waals surface area contributed by atoms with Gasteiger partial charge in [0.05, 0.1) is 11.4 Å². The van der Waals surface area contributed by atoms with Gasteiger partial charge in [0, 0.05) is 32.7 Å². The van der Waals surface area contributed by atoms with Crippen LogP contribution >= 0.6 is 11.6 Å². The van der Waals surface area contributed by atoms with Gasteiger partial charge in [-0.1, -0.05) is 41.9 Å². The molecule has 1 N–H and O–H groups in total. The molecular formula is C25H19ClFN3O4S. The first-order chi connectivity index (χ1) is 16.7. The lowest BCUT2D eigenvalue weighted by atomic mass is 9.99. The fourth-order valence-electron chi connectivity index (χ4n) is 4.36. The molecule has 0 spiro atoms. The largest absolute Gasteiger partial charge is 0.480 e. The van der Waals surface area contributed by atoms with Gasteiger partial charge in [0.1, 0.15) is 18.1 Å². The molecule has 0 bridgehead atoms. The summed E-state index contributed by atoms with van der Waals surface area (Å²) in [6, 6.07) is 17.3. The maximum Gasteiger partial charge on any atom is 0.323 e. The predicted octanol–water partition coefficient (Wildman–Crippen LogP) is 4.78. The number of carboxylic acid groups (broad SMARTS) is 1. The molecule has 178 valence electrons. The highest BCUT2D eigenvalue weighted by atomic mass is 35.5. The third-order valence-corrected chi connectivity index (χ3v) is 7.89. The van der Waals surface area contributed by atoms with E-state index >= 15 is 0 Å². The van der Waals surface area contributed by atoms with Gasteiger partial charge in [-0.25, -0.2) is 4.39 Å². The lowest BCUT2D eigenvalue weighted by Gasteiger charge is -2.27. The molecule has 0 aliphatic carbocycles. The fraction of sp³-hybridized carbons (Fsp3) is 0.120. The third-order valence-electron chi connectivity index (χ3n) is 5.96. The van der Waals surface area contributed by atoms with Crippen LogP contribution in [-0.4, -0.2) is 34.2 Å². The zero-order valence-corrected chi connectivity index (χ0v) is 20.0. The molecule has 0 saturated carbocycles. The summed E-state index contributed by atoms with van der Waals surface area (Å²) in [4.78, 5) is 11.6. The van der Waals surface area contributed by atoms with Crippen LogP contribution in [0.4, 0.5) is 4.39 Å². The van der Waals surface area contributed by atoms with Crippen molar-refractivity contribution in [3.63, 3.8) is 0 Å². The number of nitrogens with zero attached hydrogens (tertiary/aromatic N) is 3. The summed E-state index contributed by atoms with van der Waals surface area (Å²) in [5.74, 6) is -1.56. The molecule has 2 heterocycles. The standard InChI is InChI=1S/C25H19ClFN3O4S/c1-15-24(20-12-18(27)10-11-21(20)29(15)14-23(31)32)25-19-4-2-3-5-22(19)35(33,34)30(28-25)13-16-6-8-17(26)9-7-16/h2-12H,13-14H2,1H3,(H,31,32). The van der Waals surface area contributed by atoms with Gasteiger partial charge >= 0.3 is 5.97 Å². The summed E-state index contributed by atoms with van der Waals surface area (Å²) in [5, 5.41) is 15.0. The molecule has 0 saturated heterocycles. The topological polar surface area (TPSA) is 92.0 Å². The molecule has 0 radical (unpaired) electrons. The quantitative estimate of drug-likeness (QED) is 0.417. The minimum atomic E-state index is -3.98. The van der Waals surface area contributed by atoms with E-state index in [2.05, 4.69) is 5.10 Å². The Bertz CT molecular complexity index is 1630.